The van der Waals surface area contributed by atoms with Crippen LogP contribution in [0.25, 0.3) is 0 Å². The molecule has 3 saturated heterocycles. The minimum atomic E-state index is -0.848. The third kappa shape index (κ3) is 5.79. The maximum atomic E-state index is 13.8. The zero-order valence-corrected chi connectivity index (χ0v) is 20.6. The number of rotatable bonds is 6. The van der Waals surface area contributed by atoms with Gasteiger partial charge in [-0.25, -0.2) is 0 Å². The number of fused-ring (bicyclic) bond motifs is 1. The topological polar surface area (TPSA) is 103 Å². The number of ether oxygens (including phenoxy) is 2. The summed E-state index contributed by atoms with van der Waals surface area (Å²) in [7, 11) is 0. The van der Waals surface area contributed by atoms with Crippen molar-refractivity contribution in [2.75, 3.05) is 39.5 Å². The Kier molecular flexibility index (Phi) is 8.44. The summed E-state index contributed by atoms with van der Waals surface area (Å²) in [5, 5.41) is 28.7. The van der Waals surface area contributed by atoms with Gasteiger partial charge in [-0.15, -0.1) is 0 Å². The van der Waals surface area contributed by atoms with Gasteiger partial charge in [0.15, 0.2) is 0 Å². The summed E-state index contributed by atoms with van der Waals surface area (Å²) in [5.41, 5.74) is 0. The van der Waals surface area contributed by atoms with Gasteiger partial charge >= 0.3 is 0 Å². The fraction of sp³-hybridized carbons (Fsp3) is 0.962. The predicted molar refractivity (Wildman–Crippen MR) is 128 cm³/mol. The molecule has 8 nitrogen and oxygen atoms in total. The summed E-state index contributed by atoms with van der Waals surface area (Å²) in [6.07, 6.45) is 8.05. The third-order valence-electron chi connectivity index (χ3n) is 9.12. The lowest BCUT2D eigenvalue weighted by atomic mass is 9.78. The van der Waals surface area contributed by atoms with Crippen LogP contribution >= 0.6 is 0 Å². The van der Waals surface area contributed by atoms with Gasteiger partial charge in [0.1, 0.15) is 0 Å². The van der Waals surface area contributed by atoms with Gasteiger partial charge in [0.05, 0.1) is 30.8 Å². The molecule has 7 unspecified atom stereocenters. The van der Waals surface area contributed by atoms with E-state index in [-0.39, 0.29) is 12.3 Å². The van der Waals surface area contributed by atoms with Crippen molar-refractivity contribution < 1.29 is 24.5 Å². The summed E-state index contributed by atoms with van der Waals surface area (Å²) in [5.74, 6) is 0.339. The normalized spacial score (nSPS) is 41.9. The second kappa shape index (κ2) is 11.5. The Morgan fingerprint density at radius 2 is 1.94 bits per heavy atom. The number of carbonyl (C=O) groups excluding carboxylic acids is 1. The fourth-order valence-corrected chi connectivity index (χ4v) is 7.16. The van der Waals surface area contributed by atoms with Crippen LogP contribution in [0.1, 0.15) is 64.2 Å². The van der Waals surface area contributed by atoms with Crippen molar-refractivity contribution in [2.45, 2.75) is 101 Å². The Bertz CT molecular complexity index is 669. The number of nitrogens with zero attached hydrogens (tertiary/aromatic N) is 1. The molecule has 8 heteroatoms. The molecule has 34 heavy (non-hydrogen) atoms. The van der Waals surface area contributed by atoms with Crippen LogP contribution in [0.2, 0.25) is 0 Å². The number of aliphatic hydroxyl groups excluding tert-OH is 2. The van der Waals surface area contributed by atoms with Crippen LogP contribution in [0.3, 0.4) is 0 Å². The molecule has 194 valence electrons. The molecule has 5 fully saturated rings. The largest absolute Gasteiger partial charge is 0.393 e. The molecule has 4 N–H and O–H groups in total. The lowest BCUT2D eigenvalue weighted by molar-refractivity contribution is -0.161. The molecule has 0 spiro atoms. The number of nitrogens with one attached hydrogen (secondary N) is 2. The van der Waals surface area contributed by atoms with E-state index in [4.69, 9.17) is 9.47 Å². The van der Waals surface area contributed by atoms with Gasteiger partial charge in [-0.2, -0.15) is 0 Å². The van der Waals surface area contributed by atoms with Crippen LogP contribution in [0.15, 0.2) is 0 Å². The first-order chi connectivity index (χ1) is 16.6. The van der Waals surface area contributed by atoms with Gasteiger partial charge in [0.25, 0.3) is 0 Å². The second-order valence-corrected chi connectivity index (χ2v) is 11.5. The SMILES string of the molecule is O=C(C1C(O)CC(O)CC1OCC1CCCCC1)N1CCC2NCCC(N[C@H]3CCOC3)C2C1. The fourth-order valence-electron chi connectivity index (χ4n) is 7.16. The van der Waals surface area contributed by atoms with Crippen molar-refractivity contribution in [1.29, 1.82) is 0 Å². The molecule has 2 saturated carbocycles. The number of hydrogen-bond acceptors (Lipinski definition) is 7. The Labute approximate surface area is 204 Å². The van der Waals surface area contributed by atoms with E-state index in [0.29, 0.717) is 56.1 Å². The number of carbonyl (C=O) groups is 1. The van der Waals surface area contributed by atoms with E-state index in [1.54, 1.807) is 0 Å². The zero-order valence-electron chi connectivity index (χ0n) is 20.6. The average molecular weight is 480 g/mol. The summed E-state index contributed by atoms with van der Waals surface area (Å²) in [4.78, 5) is 15.8. The minimum absolute atomic E-state index is 0.0139. The molecule has 0 aromatic rings. The molecular weight excluding hydrogens is 434 g/mol. The first kappa shape index (κ1) is 24.9. The predicted octanol–water partition coefficient (Wildman–Crippen LogP) is 1.04. The zero-order chi connectivity index (χ0) is 23.5. The van der Waals surface area contributed by atoms with Crippen molar-refractivity contribution in [3.05, 3.63) is 0 Å². The highest BCUT2D eigenvalue weighted by atomic mass is 16.5. The molecule has 8 atom stereocenters. The van der Waals surface area contributed by atoms with Crippen LogP contribution in [0, 0.1) is 17.8 Å². The highest BCUT2D eigenvalue weighted by Gasteiger charge is 2.46. The van der Waals surface area contributed by atoms with E-state index in [1.807, 2.05) is 4.90 Å². The summed E-state index contributed by atoms with van der Waals surface area (Å²) in [6, 6.07) is 1.22. The first-order valence-corrected chi connectivity index (χ1v) is 13.9. The number of aliphatic hydroxyl groups is 2. The van der Waals surface area contributed by atoms with Crippen LogP contribution in [-0.4, -0.2) is 96.9 Å². The van der Waals surface area contributed by atoms with Gasteiger partial charge in [0.2, 0.25) is 5.91 Å². The second-order valence-electron chi connectivity index (χ2n) is 11.5. The van der Waals surface area contributed by atoms with Gasteiger partial charge in [-0.3, -0.25) is 4.79 Å². The third-order valence-corrected chi connectivity index (χ3v) is 9.12. The summed E-state index contributed by atoms with van der Waals surface area (Å²) in [6.45, 7) is 4.68. The standard InChI is InChI=1S/C26H45N3O5/c30-19-12-23(31)25(24(13-19)34-15-17-4-2-1-3-5-17)26(32)29-10-7-21-20(14-29)22(6-9-27-21)28-18-8-11-33-16-18/h17-25,27-28,30-31H,1-16H2/t18-,19?,20?,21?,22?,23?,24?,25?/m0/s1. The molecule has 0 bridgehead atoms. The highest BCUT2D eigenvalue weighted by molar-refractivity contribution is 5.80. The maximum Gasteiger partial charge on any atom is 0.230 e. The van der Waals surface area contributed by atoms with Crippen LogP contribution in [-0.2, 0) is 14.3 Å². The number of piperidine rings is 2. The Morgan fingerprint density at radius 1 is 1.09 bits per heavy atom. The van der Waals surface area contributed by atoms with Crippen molar-refractivity contribution in [3.8, 4) is 0 Å². The molecular formula is C26H45N3O5. The monoisotopic (exact) mass is 479 g/mol. The van der Waals surface area contributed by atoms with E-state index in [2.05, 4.69) is 10.6 Å². The lowest BCUT2D eigenvalue weighted by Gasteiger charge is -2.48. The molecule has 0 radical (unpaired) electrons. The summed E-state index contributed by atoms with van der Waals surface area (Å²) < 4.78 is 11.9. The molecule has 0 aromatic carbocycles. The van der Waals surface area contributed by atoms with E-state index in [0.717, 1.165) is 39.0 Å². The van der Waals surface area contributed by atoms with Crippen LogP contribution in [0.5, 0.6) is 0 Å². The highest BCUT2D eigenvalue weighted by Crippen LogP contribution is 2.34. The molecule has 5 aliphatic rings. The van der Waals surface area contributed by atoms with Crippen LogP contribution in [0.4, 0.5) is 0 Å². The quantitative estimate of drug-likeness (QED) is 0.451. The molecule has 3 heterocycles. The van der Waals surface area contributed by atoms with Crippen LogP contribution < -0.4 is 10.6 Å². The smallest absolute Gasteiger partial charge is 0.230 e. The Balaban J connectivity index is 1.23. The Morgan fingerprint density at radius 3 is 2.74 bits per heavy atom. The van der Waals surface area contributed by atoms with Crippen molar-refractivity contribution in [1.82, 2.24) is 15.5 Å². The van der Waals surface area contributed by atoms with E-state index >= 15 is 0 Å². The van der Waals surface area contributed by atoms with E-state index < -0.39 is 24.2 Å². The van der Waals surface area contributed by atoms with Crippen molar-refractivity contribution in [3.63, 3.8) is 0 Å². The van der Waals surface area contributed by atoms with Crippen molar-refractivity contribution in [2.24, 2.45) is 17.8 Å². The number of likely N-dealkylation sites (tertiary alicyclic amines) is 1. The van der Waals surface area contributed by atoms with E-state index in [1.165, 1.54) is 32.1 Å². The number of hydrogen-bond donors (Lipinski definition) is 4. The van der Waals surface area contributed by atoms with Crippen molar-refractivity contribution >= 4 is 5.91 Å². The number of amides is 1. The van der Waals surface area contributed by atoms with Gasteiger partial charge in [0, 0.05) is 63.2 Å². The average Bonchev–Trinajstić information content (AvgIpc) is 3.36. The molecule has 0 aromatic heterocycles. The van der Waals surface area contributed by atoms with Gasteiger partial charge < -0.3 is 35.2 Å². The molecule has 5 rings (SSSR count). The maximum absolute atomic E-state index is 13.8. The van der Waals surface area contributed by atoms with Gasteiger partial charge in [-0.05, 0) is 44.6 Å². The Hall–Kier alpha value is -0.770. The first-order valence-electron chi connectivity index (χ1n) is 13.9. The minimum Gasteiger partial charge on any atom is -0.393 e. The lowest BCUT2D eigenvalue weighted by Crippen LogP contribution is -2.64. The van der Waals surface area contributed by atoms with Gasteiger partial charge in [-0.1, -0.05) is 19.3 Å². The molecule has 2 aliphatic carbocycles. The van der Waals surface area contributed by atoms with E-state index in [9.17, 15) is 15.0 Å². The summed E-state index contributed by atoms with van der Waals surface area (Å²) >= 11 is 0. The molecule has 1 amide bonds. The molecule has 3 aliphatic heterocycles.